The van der Waals surface area contributed by atoms with Crippen molar-refractivity contribution < 1.29 is 23.6 Å². The Bertz CT molecular complexity index is 1050. The van der Waals surface area contributed by atoms with E-state index < -0.39 is 0 Å². The quantitative estimate of drug-likeness (QED) is 0.452. The lowest BCUT2D eigenvalue weighted by Gasteiger charge is -2.13. The summed E-state index contributed by atoms with van der Waals surface area (Å²) >= 11 is 0. The van der Waals surface area contributed by atoms with Crippen LogP contribution in [0.5, 0.6) is 17.2 Å². The van der Waals surface area contributed by atoms with Crippen LogP contribution in [-0.2, 0) is 4.79 Å². The monoisotopic (exact) mass is 439 g/mol. The summed E-state index contributed by atoms with van der Waals surface area (Å²) in [4.78, 5) is 12.5. The predicted octanol–water partition coefficient (Wildman–Crippen LogP) is 4.95. The molecule has 0 radical (unpaired) electrons. The first-order valence-electron chi connectivity index (χ1n) is 10.7. The van der Waals surface area contributed by atoms with E-state index in [9.17, 15) is 4.79 Å². The molecule has 32 heavy (non-hydrogen) atoms. The molecule has 0 saturated heterocycles. The third-order valence-electron chi connectivity index (χ3n) is 4.80. The summed E-state index contributed by atoms with van der Waals surface area (Å²) in [5, 5.41) is 10.5. The van der Waals surface area contributed by atoms with Gasteiger partial charge in [-0.15, -0.1) is 0 Å². The lowest BCUT2D eigenvalue weighted by atomic mass is 10.1. The fourth-order valence-corrected chi connectivity index (χ4v) is 2.96. The minimum absolute atomic E-state index is 0.161. The van der Waals surface area contributed by atoms with Crippen molar-refractivity contribution in [2.45, 2.75) is 40.5 Å². The number of nitrogens with one attached hydrogen (secondary N) is 1. The fraction of sp³-hybridized carbons (Fsp3) is 0.375. The maximum Gasteiger partial charge on any atom is 0.263 e. The van der Waals surface area contributed by atoms with Crippen LogP contribution in [-0.4, -0.2) is 36.0 Å². The van der Waals surface area contributed by atoms with Gasteiger partial charge in [-0.1, -0.05) is 26.0 Å². The van der Waals surface area contributed by atoms with Crippen LogP contribution in [0.1, 0.15) is 37.8 Å². The normalized spacial score (nSPS) is 10.6. The van der Waals surface area contributed by atoms with Gasteiger partial charge in [0.1, 0.15) is 5.75 Å². The third-order valence-corrected chi connectivity index (χ3v) is 4.80. The van der Waals surface area contributed by atoms with E-state index in [1.54, 1.807) is 0 Å². The number of benzene rings is 2. The van der Waals surface area contributed by atoms with E-state index in [1.807, 2.05) is 64.1 Å². The number of aromatic nitrogens is 2. The van der Waals surface area contributed by atoms with Crippen LogP contribution in [0, 0.1) is 13.8 Å². The number of amides is 1. The van der Waals surface area contributed by atoms with Crippen molar-refractivity contribution in [3.05, 3.63) is 47.5 Å². The van der Waals surface area contributed by atoms with Gasteiger partial charge >= 0.3 is 0 Å². The number of rotatable bonds is 11. The molecule has 3 rings (SSSR count). The first-order valence-corrected chi connectivity index (χ1v) is 10.7. The summed E-state index contributed by atoms with van der Waals surface area (Å²) in [7, 11) is 0. The first kappa shape index (κ1) is 23.1. The Morgan fingerprint density at radius 1 is 0.938 bits per heavy atom. The molecule has 8 nitrogen and oxygen atoms in total. The number of hydrogen-bond donors (Lipinski definition) is 1. The molecular weight excluding hydrogens is 410 g/mol. The highest BCUT2D eigenvalue weighted by molar-refractivity contribution is 5.94. The molecule has 0 fully saturated rings. The highest BCUT2D eigenvalue weighted by Gasteiger charge is 2.18. The van der Waals surface area contributed by atoms with Gasteiger partial charge in [0, 0.05) is 5.56 Å². The van der Waals surface area contributed by atoms with Gasteiger partial charge in [-0.05, 0) is 72.4 Å². The van der Waals surface area contributed by atoms with Gasteiger partial charge in [0.2, 0.25) is 5.82 Å². The van der Waals surface area contributed by atoms with Crippen LogP contribution >= 0.6 is 0 Å². The Morgan fingerprint density at radius 3 is 2.44 bits per heavy atom. The minimum atomic E-state index is -0.367. The predicted molar refractivity (Wildman–Crippen MR) is 121 cm³/mol. The molecule has 0 aliphatic rings. The van der Waals surface area contributed by atoms with Gasteiger partial charge in [0.15, 0.2) is 23.8 Å². The zero-order valence-electron chi connectivity index (χ0n) is 18.9. The second-order valence-electron chi connectivity index (χ2n) is 7.35. The van der Waals surface area contributed by atoms with E-state index in [0.29, 0.717) is 41.7 Å². The molecule has 1 N–H and O–H groups in total. The average molecular weight is 440 g/mol. The van der Waals surface area contributed by atoms with Crippen LogP contribution in [0.15, 0.2) is 41.0 Å². The Morgan fingerprint density at radius 2 is 1.69 bits per heavy atom. The van der Waals surface area contributed by atoms with Crippen LogP contribution in [0.2, 0.25) is 0 Å². The molecule has 0 aliphatic carbocycles. The first-order chi connectivity index (χ1) is 15.5. The van der Waals surface area contributed by atoms with E-state index in [2.05, 4.69) is 15.6 Å². The van der Waals surface area contributed by atoms with Crippen molar-refractivity contribution in [1.29, 1.82) is 0 Å². The summed E-state index contributed by atoms with van der Waals surface area (Å²) < 4.78 is 22.2. The fourth-order valence-electron chi connectivity index (χ4n) is 2.96. The molecule has 8 heteroatoms. The van der Waals surface area contributed by atoms with Crippen molar-refractivity contribution >= 4 is 11.7 Å². The lowest BCUT2D eigenvalue weighted by Crippen LogP contribution is -2.21. The van der Waals surface area contributed by atoms with E-state index in [4.69, 9.17) is 18.8 Å². The number of hydrogen-bond acceptors (Lipinski definition) is 7. The topological polar surface area (TPSA) is 95.7 Å². The van der Waals surface area contributed by atoms with Gasteiger partial charge in [-0.25, -0.2) is 4.63 Å². The van der Waals surface area contributed by atoms with Crippen LogP contribution in [0.25, 0.3) is 11.3 Å². The van der Waals surface area contributed by atoms with Crippen LogP contribution in [0.3, 0.4) is 0 Å². The van der Waals surface area contributed by atoms with Crippen molar-refractivity contribution in [3.63, 3.8) is 0 Å². The number of anilines is 1. The molecule has 170 valence electrons. The van der Waals surface area contributed by atoms with E-state index in [-0.39, 0.29) is 18.3 Å². The maximum absolute atomic E-state index is 12.5. The zero-order valence-corrected chi connectivity index (χ0v) is 18.9. The highest BCUT2D eigenvalue weighted by Crippen LogP contribution is 2.34. The Kier molecular flexibility index (Phi) is 8.08. The van der Waals surface area contributed by atoms with Crippen molar-refractivity contribution in [1.82, 2.24) is 10.3 Å². The second-order valence-corrected chi connectivity index (χ2v) is 7.35. The molecule has 0 atom stereocenters. The van der Waals surface area contributed by atoms with E-state index in [0.717, 1.165) is 24.0 Å². The van der Waals surface area contributed by atoms with Crippen molar-refractivity contribution in [3.8, 4) is 28.5 Å². The SMILES string of the molecule is CCCOc1ccc(-c2nonc2NC(=O)COc2cccc(C)c2C)cc1OCCC. The van der Waals surface area contributed by atoms with E-state index >= 15 is 0 Å². The Labute approximate surface area is 187 Å². The number of carbonyl (C=O) groups is 1. The molecule has 2 aromatic carbocycles. The van der Waals surface area contributed by atoms with Crippen molar-refractivity contribution in [2.24, 2.45) is 0 Å². The average Bonchev–Trinajstić information content (AvgIpc) is 3.25. The Balaban J connectivity index is 1.72. The van der Waals surface area contributed by atoms with Gasteiger partial charge < -0.3 is 19.5 Å². The molecule has 0 unspecified atom stereocenters. The summed E-state index contributed by atoms with van der Waals surface area (Å²) in [6, 6.07) is 11.2. The summed E-state index contributed by atoms with van der Waals surface area (Å²) in [6.45, 7) is 9.01. The van der Waals surface area contributed by atoms with Crippen molar-refractivity contribution in [2.75, 3.05) is 25.1 Å². The number of carbonyl (C=O) groups excluding carboxylic acids is 1. The van der Waals surface area contributed by atoms with Gasteiger partial charge in [0.25, 0.3) is 5.91 Å². The second kappa shape index (κ2) is 11.2. The number of aryl methyl sites for hydroxylation is 1. The minimum Gasteiger partial charge on any atom is -0.490 e. The maximum atomic E-state index is 12.5. The molecule has 0 saturated carbocycles. The number of nitrogens with zero attached hydrogens (tertiary/aromatic N) is 2. The standard InChI is InChI=1S/C24H29N3O5/c1-5-12-29-20-11-10-18(14-21(20)30-13-6-2)23-24(27-32-26-23)25-22(28)15-31-19-9-7-8-16(3)17(19)4/h7-11,14H,5-6,12-13,15H2,1-4H3,(H,25,27,28). The van der Waals surface area contributed by atoms with Gasteiger partial charge in [0.05, 0.1) is 13.2 Å². The van der Waals surface area contributed by atoms with Crippen LogP contribution < -0.4 is 19.5 Å². The largest absolute Gasteiger partial charge is 0.490 e. The Hall–Kier alpha value is -3.55. The molecule has 1 amide bonds. The summed E-state index contributed by atoms with van der Waals surface area (Å²) in [6.07, 6.45) is 1.76. The third kappa shape index (κ3) is 5.78. The molecule has 3 aromatic rings. The van der Waals surface area contributed by atoms with Crippen LogP contribution in [0.4, 0.5) is 5.82 Å². The molecule has 1 heterocycles. The highest BCUT2D eigenvalue weighted by atomic mass is 16.6. The zero-order chi connectivity index (χ0) is 22.9. The van der Waals surface area contributed by atoms with E-state index in [1.165, 1.54) is 0 Å². The molecular formula is C24H29N3O5. The summed E-state index contributed by atoms with van der Waals surface area (Å²) in [5.74, 6) is 1.78. The van der Waals surface area contributed by atoms with Gasteiger partial charge in [-0.3, -0.25) is 4.79 Å². The molecule has 0 bridgehead atoms. The smallest absolute Gasteiger partial charge is 0.263 e. The number of ether oxygens (including phenoxy) is 3. The lowest BCUT2D eigenvalue weighted by molar-refractivity contribution is -0.118. The molecule has 1 aromatic heterocycles. The summed E-state index contributed by atoms with van der Waals surface area (Å²) in [5.41, 5.74) is 3.17. The molecule has 0 spiro atoms. The van der Waals surface area contributed by atoms with Gasteiger partial charge in [-0.2, -0.15) is 0 Å². The molecule has 0 aliphatic heterocycles.